The first-order valence-corrected chi connectivity index (χ1v) is 28.3. The highest BCUT2D eigenvalue weighted by molar-refractivity contribution is 6.06. The van der Waals surface area contributed by atoms with Gasteiger partial charge >= 0.3 is 12.1 Å². The number of nitrogens with one attached hydrogen (secondary N) is 3. The molecule has 2 atom stereocenters. The summed E-state index contributed by atoms with van der Waals surface area (Å²) in [6.07, 6.45) is 6.11. The molecule has 0 spiro atoms. The number of unbranched alkanes of at least 4 members (excludes halogenated alkanes) is 1. The lowest BCUT2D eigenvalue weighted by Gasteiger charge is -2.42. The van der Waals surface area contributed by atoms with Crippen LogP contribution in [0.3, 0.4) is 0 Å². The summed E-state index contributed by atoms with van der Waals surface area (Å²) in [5.74, 6) is -0.734. The first-order chi connectivity index (χ1) is 39.2. The van der Waals surface area contributed by atoms with Crippen LogP contribution in [0.25, 0.3) is 32.4 Å². The Morgan fingerprint density at radius 2 is 1.51 bits per heavy atom. The Morgan fingerprint density at radius 1 is 0.852 bits per heavy atom. The van der Waals surface area contributed by atoms with Gasteiger partial charge in [0, 0.05) is 73.9 Å². The largest absolute Gasteiger partial charge is 0.445 e. The second-order valence-corrected chi connectivity index (χ2v) is 21.3. The molecular formula is C59H82N12O10. The van der Waals surface area contributed by atoms with E-state index in [2.05, 4.69) is 79.7 Å². The van der Waals surface area contributed by atoms with E-state index in [1.165, 1.54) is 0 Å². The fourth-order valence-electron chi connectivity index (χ4n) is 9.70. The molecule has 2 aromatic heterocycles. The number of aromatic nitrogens is 3. The number of nitrogen functional groups attached to an aromatic ring is 1. The monoisotopic (exact) mass is 1120 g/mol. The smallest absolute Gasteiger partial charge is 0.410 e. The predicted molar refractivity (Wildman–Crippen MR) is 310 cm³/mol. The van der Waals surface area contributed by atoms with Gasteiger partial charge < -0.3 is 60.6 Å². The minimum absolute atomic E-state index is 0.000222. The summed E-state index contributed by atoms with van der Waals surface area (Å²) in [7, 11) is 0. The number of azide groups is 1. The average Bonchev–Trinajstić information content (AvgIpc) is 4.08. The van der Waals surface area contributed by atoms with E-state index in [0.29, 0.717) is 77.2 Å². The number of nitrogens with two attached hydrogens (primary N) is 2. The van der Waals surface area contributed by atoms with Crippen molar-refractivity contribution in [3.8, 4) is 0 Å². The number of hydrogen-bond acceptors (Lipinski definition) is 14. The summed E-state index contributed by atoms with van der Waals surface area (Å²) in [4.78, 5) is 80.1. The molecule has 81 heavy (non-hydrogen) atoms. The lowest BCUT2D eigenvalue weighted by molar-refractivity contribution is -0.131. The number of nitrogens with zero attached hydrogens (tertiary/aromatic N) is 7. The number of para-hydroxylation sites is 1. The van der Waals surface area contributed by atoms with Gasteiger partial charge in [-0.3, -0.25) is 14.4 Å². The van der Waals surface area contributed by atoms with Crippen LogP contribution < -0.4 is 27.4 Å². The molecule has 6 rings (SSSR count). The number of hydrogen-bond donors (Lipinski definition) is 5. The number of imidazole rings is 1. The van der Waals surface area contributed by atoms with Gasteiger partial charge in [0.25, 0.3) is 0 Å². The molecule has 1 aliphatic carbocycles. The number of benzene rings is 3. The number of primary amides is 1. The van der Waals surface area contributed by atoms with E-state index in [0.717, 1.165) is 83.0 Å². The van der Waals surface area contributed by atoms with Crippen LogP contribution in [0.4, 0.5) is 21.1 Å². The summed E-state index contributed by atoms with van der Waals surface area (Å²) < 4.78 is 30.0. The number of urea groups is 1. The molecule has 1 saturated carbocycles. The second kappa shape index (κ2) is 32.8. The Morgan fingerprint density at radius 3 is 2.15 bits per heavy atom. The Labute approximate surface area is 474 Å². The van der Waals surface area contributed by atoms with Crippen molar-refractivity contribution in [1.82, 2.24) is 30.1 Å². The van der Waals surface area contributed by atoms with Crippen LogP contribution in [0.5, 0.6) is 0 Å². The van der Waals surface area contributed by atoms with Gasteiger partial charge in [0.2, 0.25) is 11.8 Å². The molecule has 0 radical (unpaired) electrons. The normalized spacial score (nSPS) is 13.5. The molecule has 22 nitrogen and oxygen atoms in total. The lowest BCUT2D eigenvalue weighted by atomic mass is 9.70. The minimum atomic E-state index is -0.851. The number of Topliss-reactive ketones (excluding diaryl/α,β-unsaturated/α-hetero) is 1. The number of carbonyl (C=O) groups is 5. The number of pyridine rings is 1. The van der Waals surface area contributed by atoms with Crippen molar-refractivity contribution in [2.24, 2.45) is 28.1 Å². The summed E-state index contributed by atoms with van der Waals surface area (Å²) in [6.45, 7) is 12.5. The Hall–Kier alpha value is -7.36. The van der Waals surface area contributed by atoms with Crippen molar-refractivity contribution in [2.45, 2.75) is 118 Å². The van der Waals surface area contributed by atoms with Crippen LogP contribution in [-0.4, -0.2) is 128 Å². The van der Waals surface area contributed by atoms with Gasteiger partial charge in [0.05, 0.1) is 69.9 Å². The van der Waals surface area contributed by atoms with E-state index in [-0.39, 0.29) is 75.2 Å². The number of ether oxygens (including phenoxy) is 5. The summed E-state index contributed by atoms with van der Waals surface area (Å²) in [5, 5.41) is 12.7. The van der Waals surface area contributed by atoms with Crippen molar-refractivity contribution in [2.75, 3.05) is 83.5 Å². The van der Waals surface area contributed by atoms with Crippen molar-refractivity contribution in [1.29, 1.82) is 0 Å². The standard InChI is InChI=1S/C59H82N12O10/c1-5-6-14-50-67-53-54(47-12-7-8-13-48(47)66-55(53)60)71(50)38-43-17-15-42(16-18-43)37-70(40-59(4)24-10-25-59)58(76)81-39-44-19-21-46(22-20-44)65-56(74)45(11-9-26-63-57(61)75)36-49(72)52(41(2)3)68-51(73)23-28-77-30-32-79-34-35-80-33-31-78-29-27-64-69-62/h7-8,12-13,15-22,41,45,52H,5-6,9-11,14,23-40H2,1-4H3,(H2,60,66)(H,65,74)(H,68,73)(H3,61,63,75)/t45-,52+/m1/s1. The maximum absolute atomic E-state index is 13.9. The zero-order valence-corrected chi connectivity index (χ0v) is 47.5. The second-order valence-electron chi connectivity index (χ2n) is 21.3. The lowest BCUT2D eigenvalue weighted by Crippen LogP contribution is -2.45. The molecule has 0 aliphatic heterocycles. The van der Waals surface area contributed by atoms with Gasteiger partial charge in [-0.25, -0.2) is 19.6 Å². The Balaban J connectivity index is 0.992. The van der Waals surface area contributed by atoms with Gasteiger partial charge in [-0.1, -0.05) is 100 Å². The van der Waals surface area contributed by atoms with Crippen molar-refractivity contribution >= 4 is 63.2 Å². The molecule has 0 unspecified atom stereocenters. The van der Waals surface area contributed by atoms with Crippen molar-refractivity contribution in [3.05, 3.63) is 106 Å². The van der Waals surface area contributed by atoms with Crippen molar-refractivity contribution < 1.29 is 47.7 Å². The first kappa shape index (κ1) is 62.8. The molecule has 5 aromatic rings. The van der Waals surface area contributed by atoms with Gasteiger partial charge in [-0.2, -0.15) is 0 Å². The molecular weight excluding hydrogens is 1040 g/mol. The fourth-order valence-corrected chi connectivity index (χ4v) is 9.70. The van der Waals surface area contributed by atoms with Gasteiger partial charge in [-0.05, 0) is 83.9 Å². The Bertz CT molecular complexity index is 2870. The van der Waals surface area contributed by atoms with Crippen LogP contribution in [0, 0.1) is 17.3 Å². The zero-order valence-electron chi connectivity index (χ0n) is 47.5. The molecule has 438 valence electrons. The molecule has 1 aliphatic rings. The van der Waals surface area contributed by atoms with Gasteiger partial charge in [0.1, 0.15) is 17.9 Å². The van der Waals surface area contributed by atoms with Crippen LogP contribution in [-0.2, 0) is 64.2 Å². The fraction of sp³-hybridized carbons (Fsp3) is 0.542. The van der Waals surface area contributed by atoms with E-state index in [1.54, 1.807) is 29.2 Å². The highest BCUT2D eigenvalue weighted by Crippen LogP contribution is 2.41. The minimum Gasteiger partial charge on any atom is -0.445 e. The molecule has 7 N–H and O–H groups in total. The zero-order chi connectivity index (χ0) is 58.0. The molecule has 0 bridgehead atoms. The van der Waals surface area contributed by atoms with Crippen LogP contribution >= 0.6 is 0 Å². The molecule has 1 fully saturated rings. The number of ketones is 1. The van der Waals surface area contributed by atoms with Crippen LogP contribution in [0.1, 0.15) is 108 Å². The van der Waals surface area contributed by atoms with E-state index < -0.39 is 30.0 Å². The number of amides is 5. The summed E-state index contributed by atoms with van der Waals surface area (Å²) in [6, 6.07) is 21.8. The molecule has 5 amide bonds. The number of rotatable bonds is 37. The predicted octanol–water partition coefficient (Wildman–Crippen LogP) is 8.76. The van der Waals surface area contributed by atoms with Crippen LogP contribution in [0.2, 0.25) is 0 Å². The SMILES string of the molecule is CCCCc1nc2c(N)nc3ccccc3c2n1Cc1ccc(CN(CC2(C)CCC2)C(=O)OCc2ccc(NC(=O)[C@H](CCCNC(N)=O)CC(=O)[C@@H](NC(=O)CCOCCOCCOCCOCCN=[N+]=[N-])C(C)C)cc2)cc1. The van der Waals surface area contributed by atoms with E-state index in [9.17, 15) is 24.0 Å². The molecule has 2 heterocycles. The molecule has 0 saturated heterocycles. The topological polar surface area (TPSA) is 302 Å². The van der Waals surface area contributed by atoms with Crippen LogP contribution in [0.15, 0.2) is 77.9 Å². The molecule has 3 aromatic carbocycles. The number of anilines is 2. The summed E-state index contributed by atoms with van der Waals surface area (Å²) in [5.41, 5.74) is 25.8. The number of aryl methyl sites for hydroxylation is 1. The van der Waals surface area contributed by atoms with Gasteiger partial charge in [0.15, 0.2) is 11.6 Å². The van der Waals surface area contributed by atoms with E-state index >= 15 is 0 Å². The third kappa shape index (κ3) is 20.3. The maximum atomic E-state index is 13.9. The van der Waals surface area contributed by atoms with Crippen molar-refractivity contribution in [3.63, 3.8) is 0 Å². The summed E-state index contributed by atoms with van der Waals surface area (Å²) >= 11 is 0. The number of carbonyl (C=O) groups excluding carboxylic acids is 5. The van der Waals surface area contributed by atoms with E-state index in [4.69, 9.17) is 45.7 Å². The Kier molecular flexibility index (Phi) is 25.4. The highest BCUT2D eigenvalue weighted by Gasteiger charge is 2.36. The highest BCUT2D eigenvalue weighted by atomic mass is 16.6. The average molecular weight is 1120 g/mol. The quantitative estimate of drug-likeness (QED) is 0.0108. The third-order valence-corrected chi connectivity index (χ3v) is 14.3. The molecule has 22 heteroatoms. The van der Waals surface area contributed by atoms with Gasteiger partial charge in [-0.15, -0.1) is 0 Å². The first-order valence-electron chi connectivity index (χ1n) is 28.3. The van der Waals surface area contributed by atoms with E-state index in [1.807, 2.05) is 32.0 Å². The maximum Gasteiger partial charge on any atom is 0.410 e. The number of fused-ring (bicyclic) bond motifs is 3. The third-order valence-electron chi connectivity index (χ3n) is 14.3.